The van der Waals surface area contributed by atoms with Crippen molar-refractivity contribution in [2.75, 3.05) is 13.7 Å². The molecule has 1 rings (SSSR count). The van der Waals surface area contributed by atoms with Gasteiger partial charge >= 0.3 is 0 Å². The van der Waals surface area contributed by atoms with Crippen LogP contribution in [0.5, 0.6) is 0 Å². The third kappa shape index (κ3) is 3.08. The number of nitrogens with one attached hydrogen (secondary N) is 1. The van der Waals surface area contributed by atoms with Crippen molar-refractivity contribution in [2.24, 2.45) is 0 Å². The van der Waals surface area contributed by atoms with Crippen molar-refractivity contribution in [1.29, 1.82) is 0 Å². The molecular formula is C12H21NO2. The topological polar surface area (TPSA) is 34.4 Å². The van der Waals surface area contributed by atoms with Gasteiger partial charge in [-0.2, -0.15) is 0 Å². The lowest BCUT2D eigenvalue weighted by Crippen LogP contribution is -2.40. The molecule has 1 unspecified atom stereocenters. The van der Waals surface area contributed by atoms with Crippen LogP contribution in [-0.2, 0) is 4.74 Å². The Morgan fingerprint density at radius 2 is 2.27 bits per heavy atom. The van der Waals surface area contributed by atoms with E-state index in [1.165, 1.54) is 0 Å². The van der Waals surface area contributed by atoms with Crippen molar-refractivity contribution in [3.63, 3.8) is 0 Å². The van der Waals surface area contributed by atoms with E-state index in [0.717, 1.165) is 18.7 Å². The summed E-state index contributed by atoms with van der Waals surface area (Å²) in [5.41, 5.74) is -0.271. The molecule has 0 aliphatic rings. The van der Waals surface area contributed by atoms with E-state index >= 15 is 0 Å². The quantitative estimate of drug-likeness (QED) is 0.785. The second kappa shape index (κ2) is 5.33. The fraction of sp³-hybridized carbons (Fsp3) is 0.667. The molecule has 0 aliphatic carbocycles. The molecule has 86 valence electrons. The Bertz CT molecular complexity index is 267. The van der Waals surface area contributed by atoms with Crippen molar-refractivity contribution in [2.45, 2.75) is 38.8 Å². The van der Waals surface area contributed by atoms with Crippen molar-refractivity contribution in [3.8, 4) is 0 Å². The Hall–Kier alpha value is -0.800. The molecule has 0 aromatic carbocycles. The van der Waals surface area contributed by atoms with Crippen LogP contribution in [0.3, 0.4) is 0 Å². The monoisotopic (exact) mass is 211 g/mol. The van der Waals surface area contributed by atoms with Gasteiger partial charge in [0.15, 0.2) is 0 Å². The average molecular weight is 211 g/mol. The number of ether oxygens (including phenoxy) is 1. The van der Waals surface area contributed by atoms with Crippen molar-refractivity contribution in [1.82, 2.24) is 5.32 Å². The third-order valence-electron chi connectivity index (χ3n) is 2.65. The van der Waals surface area contributed by atoms with E-state index in [1.807, 2.05) is 12.1 Å². The van der Waals surface area contributed by atoms with Crippen molar-refractivity contribution < 1.29 is 9.15 Å². The lowest BCUT2D eigenvalue weighted by atomic mass is 9.96. The Morgan fingerprint density at radius 1 is 1.53 bits per heavy atom. The molecule has 3 heteroatoms. The molecule has 1 N–H and O–H groups in total. The standard InChI is InChI=1S/C12H21NO2/c1-5-8-13-11(12(2,3)14-4)10-7-6-9-15-10/h6-7,9,11,13H,5,8H2,1-4H3. The maximum atomic E-state index is 5.50. The second-order valence-corrected chi connectivity index (χ2v) is 4.21. The van der Waals surface area contributed by atoms with E-state index < -0.39 is 0 Å². The first kappa shape index (κ1) is 12.3. The van der Waals surface area contributed by atoms with E-state index in [0.29, 0.717) is 0 Å². The minimum Gasteiger partial charge on any atom is -0.468 e. The van der Waals surface area contributed by atoms with Crippen LogP contribution in [0.25, 0.3) is 0 Å². The third-order valence-corrected chi connectivity index (χ3v) is 2.65. The molecule has 0 fully saturated rings. The molecular weight excluding hydrogens is 190 g/mol. The summed E-state index contributed by atoms with van der Waals surface area (Å²) >= 11 is 0. The highest BCUT2D eigenvalue weighted by atomic mass is 16.5. The van der Waals surface area contributed by atoms with Gasteiger partial charge in [-0.25, -0.2) is 0 Å². The Labute approximate surface area is 91.8 Å². The van der Waals surface area contributed by atoms with Crippen LogP contribution < -0.4 is 5.32 Å². The van der Waals surface area contributed by atoms with E-state index in [2.05, 4.69) is 26.1 Å². The van der Waals surface area contributed by atoms with E-state index in [1.54, 1.807) is 13.4 Å². The molecule has 1 atom stereocenters. The highest BCUT2D eigenvalue weighted by molar-refractivity contribution is 5.09. The Balaban J connectivity index is 2.78. The van der Waals surface area contributed by atoms with Gasteiger partial charge < -0.3 is 14.5 Å². The molecule has 1 aromatic rings. The molecule has 3 nitrogen and oxygen atoms in total. The van der Waals surface area contributed by atoms with Crippen LogP contribution in [0.1, 0.15) is 39.0 Å². The summed E-state index contributed by atoms with van der Waals surface area (Å²) in [4.78, 5) is 0. The number of rotatable bonds is 6. The molecule has 0 aliphatic heterocycles. The summed E-state index contributed by atoms with van der Waals surface area (Å²) in [7, 11) is 1.73. The van der Waals surface area contributed by atoms with Crippen LogP contribution in [0, 0.1) is 0 Å². The Morgan fingerprint density at radius 3 is 2.73 bits per heavy atom. The molecule has 0 radical (unpaired) electrons. The van der Waals surface area contributed by atoms with Gasteiger partial charge in [-0.15, -0.1) is 0 Å². The molecule has 15 heavy (non-hydrogen) atoms. The van der Waals surface area contributed by atoms with E-state index in [9.17, 15) is 0 Å². The summed E-state index contributed by atoms with van der Waals surface area (Å²) in [6.45, 7) is 7.22. The van der Waals surface area contributed by atoms with Crippen LogP contribution >= 0.6 is 0 Å². The van der Waals surface area contributed by atoms with Crippen molar-refractivity contribution >= 4 is 0 Å². The highest BCUT2D eigenvalue weighted by Crippen LogP contribution is 2.28. The van der Waals surface area contributed by atoms with Gasteiger partial charge in [-0.3, -0.25) is 0 Å². The van der Waals surface area contributed by atoms with Gasteiger partial charge in [0.1, 0.15) is 5.76 Å². The maximum absolute atomic E-state index is 5.50. The summed E-state index contributed by atoms with van der Waals surface area (Å²) < 4.78 is 10.9. The largest absolute Gasteiger partial charge is 0.468 e. The predicted octanol–water partition coefficient (Wildman–Crippen LogP) is 2.75. The Kier molecular flexibility index (Phi) is 4.36. The zero-order valence-corrected chi connectivity index (χ0v) is 10.0. The summed E-state index contributed by atoms with van der Waals surface area (Å²) in [5, 5.41) is 3.44. The average Bonchev–Trinajstić information content (AvgIpc) is 2.71. The molecule has 0 amide bonds. The minimum atomic E-state index is -0.271. The lowest BCUT2D eigenvalue weighted by molar-refractivity contribution is -0.0168. The zero-order chi connectivity index (χ0) is 11.3. The van der Waals surface area contributed by atoms with Gasteiger partial charge in [-0.05, 0) is 38.9 Å². The number of furan rings is 1. The molecule has 0 bridgehead atoms. The van der Waals surface area contributed by atoms with Crippen LogP contribution in [0.4, 0.5) is 0 Å². The molecule has 0 spiro atoms. The van der Waals surface area contributed by atoms with Crippen LogP contribution in [0.2, 0.25) is 0 Å². The molecule has 0 saturated heterocycles. The number of methoxy groups -OCH3 is 1. The highest BCUT2D eigenvalue weighted by Gasteiger charge is 2.32. The van der Waals surface area contributed by atoms with Gasteiger partial charge in [0.2, 0.25) is 0 Å². The first-order chi connectivity index (χ1) is 7.11. The summed E-state index contributed by atoms with van der Waals surface area (Å²) in [6, 6.07) is 3.98. The molecule has 1 heterocycles. The van der Waals surface area contributed by atoms with Crippen LogP contribution in [-0.4, -0.2) is 19.3 Å². The zero-order valence-electron chi connectivity index (χ0n) is 10.0. The second-order valence-electron chi connectivity index (χ2n) is 4.21. The van der Waals surface area contributed by atoms with Gasteiger partial charge in [-0.1, -0.05) is 6.92 Å². The molecule has 0 saturated carbocycles. The van der Waals surface area contributed by atoms with E-state index in [4.69, 9.17) is 9.15 Å². The predicted molar refractivity (Wildman–Crippen MR) is 60.8 cm³/mol. The van der Waals surface area contributed by atoms with Gasteiger partial charge in [0, 0.05) is 7.11 Å². The number of hydrogen-bond donors (Lipinski definition) is 1. The van der Waals surface area contributed by atoms with Crippen molar-refractivity contribution in [3.05, 3.63) is 24.2 Å². The van der Waals surface area contributed by atoms with Crippen LogP contribution in [0.15, 0.2) is 22.8 Å². The maximum Gasteiger partial charge on any atom is 0.123 e. The first-order valence-electron chi connectivity index (χ1n) is 5.43. The normalized spacial score (nSPS) is 14.1. The molecule has 1 aromatic heterocycles. The van der Waals surface area contributed by atoms with Gasteiger partial charge in [0.05, 0.1) is 17.9 Å². The summed E-state index contributed by atoms with van der Waals surface area (Å²) in [6.07, 6.45) is 2.79. The lowest BCUT2D eigenvalue weighted by Gasteiger charge is -2.32. The van der Waals surface area contributed by atoms with E-state index in [-0.39, 0.29) is 11.6 Å². The summed E-state index contributed by atoms with van der Waals surface area (Å²) in [5.74, 6) is 0.926. The minimum absolute atomic E-state index is 0.0949. The SMILES string of the molecule is CCCNC(c1ccco1)C(C)(C)OC. The first-order valence-corrected chi connectivity index (χ1v) is 5.43. The van der Waals surface area contributed by atoms with Gasteiger partial charge in [0.25, 0.3) is 0 Å². The smallest absolute Gasteiger partial charge is 0.123 e. The number of hydrogen-bond acceptors (Lipinski definition) is 3. The fourth-order valence-electron chi connectivity index (χ4n) is 1.55. The fourth-order valence-corrected chi connectivity index (χ4v) is 1.55.